The molecule has 1 unspecified atom stereocenters. The lowest BCUT2D eigenvalue weighted by Crippen LogP contribution is -2.38. The number of carbonyl (C=O) groups is 2. The minimum absolute atomic E-state index is 0.000715. The summed E-state index contributed by atoms with van der Waals surface area (Å²) in [4.78, 5) is 26.3. The van der Waals surface area contributed by atoms with Gasteiger partial charge in [-0.05, 0) is 56.0 Å². The molecule has 1 saturated heterocycles. The van der Waals surface area contributed by atoms with Gasteiger partial charge in [-0.3, -0.25) is 4.79 Å². The van der Waals surface area contributed by atoms with Gasteiger partial charge in [-0.2, -0.15) is 0 Å². The van der Waals surface area contributed by atoms with E-state index in [2.05, 4.69) is 17.6 Å². The number of carbonyl (C=O) groups excluding carboxylic acids is 2. The topological polar surface area (TPSA) is 61.4 Å². The van der Waals surface area contributed by atoms with Crippen molar-refractivity contribution in [1.82, 2.24) is 10.2 Å². The Bertz CT molecular complexity index is 825. The highest BCUT2D eigenvalue weighted by atomic mass is 35.5. The van der Waals surface area contributed by atoms with Crippen LogP contribution in [0, 0.1) is 5.92 Å². The average Bonchev–Trinajstić information content (AvgIpc) is 2.60. The number of hydrogen-bond donors (Lipinski definition) is 2. The zero-order chi connectivity index (χ0) is 20.3. The van der Waals surface area contributed by atoms with E-state index in [-0.39, 0.29) is 5.91 Å². The smallest absolute Gasteiger partial charge is 0.323 e. The molecule has 3 rings (SSSR count). The minimum Gasteiger partial charge on any atom is -0.339 e. The third-order valence-corrected chi connectivity index (χ3v) is 5.46. The highest BCUT2D eigenvalue weighted by molar-refractivity contribution is 6.33. The number of allylic oxidation sites excluding steroid dienone is 4. The first kappa shape index (κ1) is 20.7. The van der Waals surface area contributed by atoms with Gasteiger partial charge in [0, 0.05) is 41.5 Å². The number of rotatable bonds is 3. The molecule has 0 aromatic heterocycles. The Kier molecular flexibility index (Phi) is 6.36. The van der Waals surface area contributed by atoms with Crippen molar-refractivity contribution < 1.29 is 9.59 Å². The molecule has 28 heavy (non-hydrogen) atoms. The molecule has 0 bridgehead atoms. The fraction of sp³-hybridized carbons (Fsp3) is 0.429. The molecule has 3 amide bonds. The molecule has 0 saturated carbocycles. The first-order valence-electron chi connectivity index (χ1n) is 9.47. The second kappa shape index (κ2) is 8.58. The molecule has 1 fully saturated rings. The van der Waals surface area contributed by atoms with Crippen molar-refractivity contribution in [2.75, 3.05) is 18.4 Å². The Balaban J connectivity index is 1.62. The quantitative estimate of drug-likeness (QED) is 0.667. The number of amides is 3. The van der Waals surface area contributed by atoms with Crippen LogP contribution in [0.2, 0.25) is 0 Å². The molecule has 0 radical (unpaired) electrons. The average molecular weight is 422 g/mol. The van der Waals surface area contributed by atoms with Gasteiger partial charge < -0.3 is 15.5 Å². The van der Waals surface area contributed by atoms with Crippen LogP contribution >= 0.6 is 23.2 Å². The monoisotopic (exact) mass is 421 g/mol. The zero-order valence-corrected chi connectivity index (χ0v) is 17.6. The van der Waals surface area contributed by atoms with E-state index in [1.807, 2.05) is 11.8 Å². The van der Waals surface area contributed by atoms with Crippen LogP contribution in [0.4, 0.5) is 10.5 Å². The summed E-state index contributed by atoms with van der Waals surface area (Å²) in [6, 6.07) is 6.60. The van der Waals surface area contributed by atoms with Gasteiger partial charge in [0.2, 0.25) is 0 Å². The number of nitrogens with one attached hydrogen (secondary N) is 2. The Morgan fingerprint density at radius 3 is 2.61 bits per heavy atom. The number of nitrogens with zero attached hydrogens (tertiary/aromatic N) is 1. The molecule has 1 heterocycles. The van der Waals surface area contributed by atoms with Crippen molar-refractivity contribution in [3.8, 4) is 0 Å². The fourth-order valence-electron chi connectivity index (χ4n) is 3.48. The number of urea groups is 1. The Morgan fingerprint density at radius 1 is 1.21 bits per heavy atom. The molecule has 2 N–H and O–H groups in total. The standard InChI is InChI=1S/C21H25Cl2N3O2/c1-14-6-8-26(9-7-14)19(27)15-4-3-5-17(10-15)24-20(28)25-18-11-16(22)12-21(2,23)13-18/h3-5,10-12,14H,6-9,13H2,1-2H3,(H2,24,25,28). The summed E-state index contributed by atoms with van der Waals surface area (Å²) in [6.45, 7) is 5.60. The maximum atomic E-state index is 12.7. The van der Waals surface area contributed by atoms with E-state index in [4.69, 9.17) is 23.2 Å². The molecule has 0 spiro atoms. The molecule has 1 aliphatic heterocycles. The van der Waals surface area contributed by atoms with E-state index >= 15 is 0 Å². The van der Waals surface area contributed by atoms with Gasteiger partial charge in [0.1, 0.15) is 0 Å². The number of likely N-dealkylation sites (tertiary alicyclic amines) is 1. The largest absolute Gasteiger partial charge is 0.339 e. The number of hydrogen-bond acceptors (Lipinski definition) is 2. The maximum absolute atomic E-state index is 12.7. The lowest BCUT2D eigenvalue weighted by molar-refractivity contribution is 0.0697. The Morgan fingerprint density at radius 2 is 1.93 bits per heavy atom. The van der Waals surface area contributed by atoms with E-state index in [1.165, 1.54) is 0 Å². The second-order valence-corrected chi connectivity index (χ2v) is 9.09. The second-order valence-electron chi connectivity index (χ2n) is 7.79. The van der Waals surface area contributed by atoms with E-state index in [9.17, 15) is 9.59 Å². The third-order valence-electron chi connectivity index (χ3n) is 5.00. The molecule has 1 aliphatic carbocycles. The molecule has 5 nitrogen and oxygen atoms in total. The van der Waals surface area contributed by atoms with Crippen LogP contribution in [0.15, 0.2) is 47.1 Å². The van der Waals surface area contributed by atoms with Crippen LogP contribution in [-0.4, -0.2) is 34.8 Å². The lowest BCUT2D eigenvalue weighted by atomic mass is 9.98. The first-order valence-corrected chi connectivity index (χ1v) is 10.2. The lowest BCUT2D eigenvalue weighted by Gasteiger charge is -2.30. The van der Waals surface area contributed by atoms with Crippen molar-refractivity contribution in [2.45, 2.75) is 38.0 Å². The van der Waals surface area contributed by atoms with Gasteiger partial charge in [0.15, 0.2) is 0 Å². The van der Waals surface area contributed by atoms with E-state index in [1.54, 1.807) is 36.4 Å². The predicted molar refractivity (Wildman–Crippen MR) is 114 cm³/mol. The van der Waals surface area contributed by atoms with Crippen LogP contribution in [-0.2, 0) is 0 Å². The molecule has 150 valence electrons. The summed E-state index contributed by atoms with van der Waals surface area (Å²) in [5.41, 5.74) is 1.76. The van der Waals surface area contributed by atoms with Crippen LogP contribution in [0.3, 0.4) is 0 Å². The summed E-state index contributed by atoms with van der Waals surface area (Å²) in [5.74, 6) is 0.661. The van der Waals surface area contributed by atoms with Gasteiger partial charge in [-0.1, -0.05) is 24.6 Å². The summed E-state index contributed by atoms with van der Waals surface area (Å²) in [5, 5.41) is 6.03. The van der Waals surface area contributed by atoms with Crippen molar-refractivity contribution in [3.05, 3.63) is 52.7 Å². The highest BCUT2D eigenvalue weighted by Crippen LogP contribution is 2.32. The van der Waals surface area contributed by atoms with Crippen molar-refractivity contribution >= 4 is 40.8 Å². The van der Waals surface area contributed by atoms with Gasteiger partial charge in [-0.25, -0.2) is 4.79 Å². The molecule has 7 heteroatoms. The number of benzene rings is 1. The molecule has 1 atom stereocenters. The maximum Gasteiger partial charge on any atom is 0.323 e. The normalized spacial score (nSPS) is 22.9. The number of piperidine rings is 1. The SMILES string of the molecule is CC1CCN(C(=O)c2cccc(NC(=O)NC3=CC(Cl)=CC(C)(Cl)C3)c2)CC1. The van der Waals surface area contributed by atoms with Crippen molar-refractivity contribution in [3.63, 3.8) is 0 Å². The number of halogens is 2. The minimum atomic E-state index is -0.632. The Labute approximate surface area is 175 Å². The summed E-state index contributed by atoms with van der Waals surface area (Å²) in [7, 11) is 0. The number of alkyl halides is 1. The summed E-state index contributed by atoms with van der Waals surface area (Å²) in [6.07, 6.45) is 5.94. The van der Waals surface area contributed by atoms with Crippen LogP contribution in [0.1, 0.15) is 43.5 Å². The van der Waals surface area contributed by atoms with Crippen LogP contribution in [0.25, 0.3) is 0 Å². The molecular formula is C21H25Cl2N3O2. The molecule has 1 aromatic rings. The molecular weight excluding hydrogens is 397 g/mol. The van der Waals surface area contributed by atoms with Crippen LogP contribution < -0.4 is 10.6 Å². The van der Waals surface area contributed by atoms with Gasteiger partial charge in [-0.15, -0.1) is 11.6 Å². The molecule has 1 aromatic carbocycles. The van der Waals surface area contributed by atoms with Gasteiger partial charge in [0.05, 0.1) is 4.87 Å². The highest BCUT2D eigenvalue weighted by Gasteiger charge is 2.25. The summed E-state index contributed by atoms with van der Waals surface area (Å²) < 4.78 is 0. The predicted octanol–water partition coefficient (Wildman–Crippen LogP) is 5.09. The fourth-order valence-corrected chi connectivity index (χ4v) is 4.17. The first-order chi connectivity index (χ1) is 13.2. The van der Waals surface area contributed by atoms with Crippen LogP contribution in [0.5, 0.6) is 0 Å². The summed E-state index contributed by atoms with van der Waals surface area (Å²) >= 11 is 12.4. The zero-order valence-electron chi connectivity index (χ0n) is 16.1. The van der Waals surface area contributed by atoms with E-state index in [0.717, 1.165) is 25.9 Å². The van der Waals surface area contributed by atoms with Gasteiger partial charge >= 0.3 is 6.03 Å². The van der Waals surface area contributed by atoms with E-state index in [0.29, 0.717) is 34.3 Å². The third kappa shape index (κ3) is 5.52. The van der Waals surface area contributed by atoms with Crippen molar-refractivity contribution in [1.29, 1.82) is 0 Å². The van der Waals surface area contributed by atoms with Gasteiger partial charge in [0.25, 0.3) is 5.91 Å². The van der Waals surface area contributed by atoms with Crippen molar-refractivity contribution in [2.24, 2.45) is 5.92 Å². The molecule has 2 aliphatic rings. The van der Waals surface area contributed by atoms with E-state index < -0.39 is 10.9 Å². The Hall–Kier alpha value is -1.98. The number of anilines is 1.